The van der Waals surface area contributed by atoms with Gasteiger partial charge in [-0.2, -0.15) is 0 Å². The summed E-state index contributed by atoms with van der Waals surface area (Å²) in [7, 11) is 3.42. The molecule has 1 aliphatic rings. The Hall–Kier alpha value is -6.38. The van der Waals surface area contributed by atoms with Crippen LogP contribution in [0.5, 0.6) is 11.5 Å². The fourth-order valence-electron chi connectivity index (χ4n) is 9.01. The lowest BCUT2D eigenvalue weighted by molar-refractivity contribution is 0.414. The Morgan fingerprint density at radius 1 is 0.377 bits per heavy atom. The smallest absolute Gasteiger partial charge is 0.118 e. The van der Waals surface area contributed by atoms with Gasteiger partial charge in [0.15, 0.2) is 0 Å². The van der Waals surface area contributed by atoms with Crippen molar-refractivity contribution in [2.24, 2.45) is 0 Å². The minimum atomic E-state index is 0.182. The van der Waals surface area contributed by atoms with Crippen LogP contribution in [0.3, 0.4) is 0 Å². The first kappa shape index (κ1) is 31.4. The van der Waals surface area contributed by atoms with Gasteiger partial charge in [0.25, 0.3) is 0 Å². The van der Waals surface area contributed by atoms with Gasteiger partial charge >= 0.3 is 0 Å². The van der Waals surface area contributed by atoms with E-state index in [0.29, 0.717) is 0 Å². The predicted molar refractivity (Wildman–Crippen MR) is 220 cm³/mol. The Kier molecular flexibility index (Phi) is 7.51. The van der Waals surface area contributed by atoms with Gasteiger partial charge < -0.3 is 9.47 Å². The van der Waals surface area contributed by atoms with E-state index in [2.05, 4.69) is 146 Å². The fraction of sp³-hybridized carbons (Fsp3) is 0.0784. The third kappa shape index (κ3) is 5.01. The summed E-state index contributed by atoms with van der Waals surface area (Å²) in [6, 6.07) is 62.1. The van der Waals surface area contributed by atoms with Gasteiger partial charge in [-0.15, -0.1) is 0 Å². The molecule has 0 saturated heterocycles. The molecule has 0 aliphatic heterocycles. The maximum atomic E-state index is 5.49. The Morgan fingerprint density at radius 2 is 0.698 bits per heavy atom. The maximum absolute atomic E-state index is 5.49. The normalized spacial score (nSPS) is 12.5. The Balaban J connectivity index is 1.16. The zero-order valence-corrected chi connectivity index (χ0v) is 29.8. The summed E-state index contributed by atoms with van der Waals surface area (Å²) in [5, 5.41) is 10.6. The second-order valence-corrected chi connectivity index (χ2v) is 14.0. The molecule has 0 amide bonds. The lowest BCUT2D eigenvalue weighted by atomic mass is 9.82. The van der Waals surface area contributed by atoms with Crippen molar-refractivity contribution in [3.8, 4) is 22.6 Å². The molecule has 10 rings (SSSR count). The summed E-state index contributed by atoms with van der Waals surface area (Å²) in [5.74, 6) is 3.04. The minimum Gasteiger partial charge on any atom is -0.497 e. The molecule has 1 aliphatic carbocycles. The first-order valence-corrected chi connectivity index (χ1v) is 18.3. The third-order valence-corrected chi connectivity index (χ3v) is 11.3. The van der Waals surface area contributed by atoms with Crippen LogP contribution in [0.2, 0.25) is 0 Å². The molecule has 9 aromatic carbocycles. The zero-order chi connectivity index (χ0) is 35.5. The molecule has 0 N–H and O–H groups in total. The summed E-state index contributed by atoms with van der Waals surface area (Å²) in [6.07, 6.45) is 0.894. The second kappa shape index (κ2) is 12.7. The van der Waals surface area contributed by atoms with Crippen molar-refractivity contribution in [3.63, 3.8) is 0 Å². The highest BCUT2D eigenvalue weighted by Gasteiger charge is 2.36. The van der Waals surface area contributed by atoms with Crippen molar-refractivity contribution in [1.29, 1.82) is 0 Å². The van der Waals surface area contributed by atoms with Gasteiger partial charge in [-0.3, -0.25) is 0 Å². The van der Waals surface area contributed by atoms with Crippen molar-refractivity contribution in [3.05, 3.63) is 209 Å². The molecule has 0 heterocycles. The van der Waals surface area contributed by atoms with Crippen LogP contribution in [-0.2, 0) is 6.42 Å². The fourth-order valence-corrected chi connectivity index (χ4v) is 9.01. The molecule has 0 atom stereocenters. The topological polar surface area (TPSA) is 18.5 Å². The van der Waals surface area contributed by atoms with Gasteiger partial charge in [0, 0.05) is 5.92 Å². The number of methoxy groups -OCH3 is 2. The molecule has 53 heavy (non-hydrogen) atoms. The number of hydrogen-bond acceptors (Lipinski definition) is 2. The molecule has 2 nitrogen and oxygen atoms in total. The summed E-state index contributed by atoms with van der Waals surface area (Å²) >= 11 is 0. The SMILES string of the molecule is COc1ccc([C](c2ccc(CC3c4c(c5ccccc5c5ccccc45)-c4c3c3ccccc3c3ccccc43)cc2)c2ccc(OC)cc2)cc1. The van der Waals surface area contributed by atoms with Crippen LogP contribution in [0.1, 0.15) is 39.3 Å². The van der Waals surface area contributed by atoms with Gasteiger partial charge in [-0.05, 0) is 118 Å². The van der Waals surface area contributed by atoms with Gasteiger partial charge in [0.1, 0.15) is 11.5 Å². The first-order chi connectivity index (χ1) is 26.2. The lowest BCUT2D eigenvalue weighted by Gasteiger charge is -2.21. The summed E-state index contributed by atoms with van der Waals surface area (Å²) in [5.41, 5.74) is 10.4. The van der Waals surface area contributed by atoms with Gasteiger partial charge in [-0.1, -0.05) is 146 Å². The molecule has 0 unspecified atom stereocenters. The van der Waals surface area contributed by atoms with E-state index in [-0.39, 0.29) is 5.92 Å². The van der Waals surface area contributed by atoms with Crippen molar-refractivity contribution < 1.29 is 9.47 Å². The summed E-state index contributed by atoms with van der Waals surface area (Å²) in [6.45, 7) is 0. The quantitative estimate of drug-likeness (QED) is 0.123. The molecule has 9 aromatic rings. The molecular weight excluding hydrogens is 645 g/mol. The van der Waals surface area contributed by atoms with Crippen LogP contribution >= 0.6 is 0 Å². The van der Waals surface area contributed by atoms with Crippen molar-refractivity contribution in [2.45, 2.75) is 12.3 Å². The average Bonchev–Trinajstić information content (AvgIpc) is 3.57. The molecule has 0 aromatic heterocycles. The van der Waals surface area contributed by atoms with Crippen LogP contribution in [0.25, 0.3) is 54.2 Å². The minimum absolute atomic E-state index is 0.182. The van der Waals surface area contributed by atoms with E-state index in [1.54, 1.807) is 14.2 Å². The van der Waals surface area contributed by atoms with E-state index < -0.39 is 0 Å². The Labute approximate surface area is 309 Å². The highest BCUT2D eigenvalue weighted by Crippen LogP contribution is 2.57. The summed E-state index contributed by atoms with van der Waals surface area (Å²) in [4.78, 5) is 0. The average molecular weight is 682 g/mol. The molecule has 0 bridgehead atoms. The first-order valence-electron chi connectivity index (χ1n) is 18.3. The van der Waals surface area contributed by atoms with Crippen LogP contribution in [0.15, 0.2) is 170 Å². The number of benzene rings is 9. The van der Waals surface area contributed by atoms with Gasteiger partial charge in [-0.25, -0.2) is 0 Å². The van der Waals surface area contributed by atoms with E-state index in [4.69, 9.17) is 9.47 Å². The van der Waals surface area contributed by atoms with E-state index in [1.165, 1.54) is 82.4 Å². The lowest BCUT2D eigenvalue weighted by Crippen LogP contribution is -2.06. The van der Waals surface area contributed by atoms with Gasteiger partial charge in [0.2, 0.25) is 0 Å². The van der Waals surface area contributed by atoms with Crippen LogP contribution in [-0.4, -0.2) is 14.2 Å². The predicted octanol–water partition coefficient (Wildman–Crippen LogP) is 12.7. The number of rotatable bonds is 7. The van der Waals surface area contributed by atoms with Gasteiger partial charge in [0.05, 0.1) is 20.1 Å². The molecular formula is C51H37O2. The summed E-state index contributed by atoms with van der Waals surface area (Å²) < 4.78 is 11.0. The standard InChI is InChI=1S/C51H37O2/c1-52-36-27-23-34(24-28-36)47(35-25-29-37(53-2)30-26-35)33-21-19-32(20-22-33)31-46-48-42-15-7-3-11-38(42)40-13-5-9-17-44(40)50(48)51-45-18-10-6-14-41(45)39-12-4-8-16-43(39)49(46)51/h3-30,46H,31H2,1-2H3. The maximum Gasteiger partial charge on any atom is 0.118 e. The van der Waals surface area contributed by atoms with E-state index >= 15 is 0 Å². The molecule has 2 heteroatoms. The van der Waals surface area contributed by atoms with E-state index in [1.807, 2.05) is 24.3 Å². The van der Waals surface area contributed by atoms with E-state index in [9.17, 15) is 0 Å². The van der Waals surface area contributed by atoms with Crippen molar-refractivity contribution in [1.82, 2.24) is 0 Å². The van der Waals surface area contributed by atoms with Crippen LogP contribution < -0.4 is 9.47 Å². The molecule has 0 saturated carbocycles. The molecule has 0 spiro atoms. The highest BCUT2D eigenvalue weighted by atomic mass is 16.5. The number of fused-ring (bicyclic) bond motifs is 13. The van der Waals surface area contributed by atoms with Crippen LogP contribution in [0, 0.1) is 5.92 Å². The molecule has 253 valence electrons. The second-order valence-electron chi connectivity index (χ2n) is 14.0. The number of hydrogen-bond donors (Lipinski definition) is 0. The zero-order valence-electron chi connectivity index (χ0n) is 29.8. The molecule has 0 fully saturated rings. The monoisotopic (exact) mass is 681 g/mol. The van der Waals surface area contributed by atoms with Crippen LogP contribution in [0.4, 0.5) is 0 Å². The Bertz CT molecular complexity index is 2640. The van der Waals surface area contributed by atoms with Crippen molar-refractivity contribution in [2.75, 3.05) is 14.2 Å². The molecule has 1 radical (unpaired) electrons. The Morgan fingerprint density at radius 3 is 1.08 bits per heavy atom. The largest absolute Gasteiger partial charge is 0.497 e. The number of ether oxygens (including phenoxy) is 2. The third-order valence-electron chi connectivity index (χ3n) is 11.3. The van der Waals surface area contributed by atoms with E-state index in [0.717, 1.165) is 29.0 Å². The van der Waals surface area contributed by atoms with Crippen molar-refractivity contribution >= 4 is 43.1 Å². The highest BCUT2D eigenvalue weighted by molar-refractivity contribution is 6.25.